The van der Waals surface area contributed by atoms with Crippen molar-refractivity contribution >= 4 is 27.7 Å². The van der Waals surface area contributed by atoms with Gasteiger partial charge >= 0.3 is 0 Å². The van der Waals surface area contributed by atoms with Crippen LogP contribution in [0.15, 0.2) is 23.1 Å². The Kier molecular flexibility index (Phi) is 4.01. The van der Waals surface area contributed by atoms with E-state index < -0.39 is 0 Å². The van der Waals surface area contributed by atoms with Gasteiger partial charge < -0.3 is 14.6 Å². The van der Waals surface area contributed by atoms with Gasteiger partial charge in [-0.25, -0.2) is 0 Å². The third kappa shape index (κ3) is 2.81. The zero-order valence-corrected chi connectivity index (χ0v) is 16.2. The van der Waals surface area contributed by atoms with Crippen molar-refractivity contribution in [1.29, 1.82) is 0 Å². The second-order valence-electron chi connectivity index (χ2n) is 8.23. The van der Waals surface area contributed by atoms with Gasteiger partial charge in [-0.3, -0.25) is 14.3 Å². The van der Waals surface area contributed by atoms with Gasteiger partial charge in [0.05, 0.1) is 29.2 Å². The van der Waals surface area contributed by atoms with Gasteiger partial charge in [-0.05, 0) is 43.4 Å². The summed E-state index contributed by atoms with van der Waals surface area (Å²) in [6, 6.07) is 3.84. The number of carbonyl (C=O) groups excluding carboxylic acids is 1. The minimum absolute atomic E-state index is 0.0411. The Morgan fingerprint density at radius 3 is 2.75 bits per heavy atom. The van der Waals surface area contributed by atoms with Gasteiger partial charge in [0.25, 0.3) is 11.5 Å². The number of benzene rings is 1. The summed E-state index contributed by atoms with van der Waals surface area (Å²) in [4.78, 5) is 30.4. The van der Waals surface area contributed by atoms with Gasteiger partial charge in [0.2, 0.25) is 0 Å². The molecule has 1 amide bonds. The summed E-state index contributed by atoms with van der Waals surface area (Å²) >= 11 is 0. The maximum Gasteiger partial charge on any atom is 0.259 e. The molecule has 1 saturated heterocycles. The average molecular weight is 380 g/mol. The Balaban J connectivity index is 1.59. The summed E-state index contributed by atoms with van der Waals surface area (Å²) in [7, 11) is 1.69. The molecule has 2 aromatic heterocycles. The number of aromatic nitrogens is 3. The van der Waals surface area contributed by atoms with E-state index in [0.717, 1.165) is 41.6 Å². The van der Waals surface area contributed by atoms with Crippen LogP contribution in [0, 0.1) is 18.8 Å². The van der Waals surface area contributed by atoms with E-state index in [1.54, 1.807) is 13.3 Å². The van der Waals surface area contributed by atoms with E-state index in [1.165, 1.54) is 12.8 Å². The van der Waals surface area contributed by atoms with Crippen molar-refractivity contribution in [3.8, 4) is 0 Å². The normalized spacial score (nSPS) is 17.4. The molecule has 1 aromatic carbocycles. The fourth-order valence-electron chi connectivity index (χ4n) is 4.19. The van der Waals surface area contributed by atoms with Crippen LogP contribution in [0.1, 0.15) is 28.8 Å². The summed E-state index contributed by atoms with van der Waals surface area (Å²) in [5, 5.41) is 5.93. The minimum atomic E-state index is -0.131. The largest absolute Gasteiger partial charge is 0.384 e. The SMILES string of the molecule is COCC1CN(C(=O)c2cc3c(cc2C)[nH]c(=O)c2cnn(CC4CC4)c23)C1. The van der Waals surface area contributed by atoms with Gasteiger partial charge in [-0.15, -0.1) is 0 Å². The zero-order chi connectivity index (χ0) is 19.4. The molecule has 7 heteroatoms. The van der Waals surface area contributed by atoms with E-state index in [0.29, 0.717) is 29.4 Å². The summed E-state index contributed by atoms with van der Waals surface area (Å²) in [5.41, 5.74) is 3.02. The maximum absolute atomic E-state index is 13.0. The number of nitrogens with one attached hydrogen (secondary N) is 1. The second kappa shape index (κ2) is 6.44. The first-order chi connectivity index (χ1) is 13.5. The number of likely N-dealkylation sites (tertiary alicyclic amines) is 1. The smallest absolute Gasteiger partial charge is 0.259 e. The third-order valence-corrected chi connectivity index (χ3v) is 5.96. The van der Waals surface area contributed by atoms with Crippen molar-refractivity contribution in [3.63, 3.8) is 0 Å². The van der Waals surface area contributed by atoms with Crippen molar-refractivity contribution in [2.45, 2.75) is 26.3 Å². The zero-order valence-electron chi connectivity index (χ0n) is 16.2. The molecule has 0 spiro atoms. The highest BCUT2D eigenvalue weighted by molar-refractivity contribution is 6.07. The van der Waals surface area contributed by atoms with E-state index in [4.69, 9.17) is 4.74 Å². The number of carbonyl (C=O) groups is 1. The number of nitrogens with zero attached hydrogens (tertiary/aromatic N) is 3. The predicted octanol–water partition coefficient (Wildman–Crippen LogP) is 2.31. The molecule has 146 valence electrons. The second-order valence-corrected chi connectivity index (χ2v) is 8.23. The highest BCUT2D eigenvalue weighted by Crippen LogP contribution is 2.33. The first-order valence-electron chi connectivity index (χ1n) is 9.85. The Morgan fingerprint density at radius 1 is 1.25 bits per heavy atom. The number of amides is 1. The van der Waals surface area contributed by atoms with Crippen molar-refractivity contribution < 1.29 is 9.53 Å². The lowest BCUT2D eigenvalue weighted by molar-refractivity contribution is 0.0270. The summed E-state index contributed by atoms with van der Waals surface area (Å²) in [6.07, 6.45) is 4.06. The quantitative estimate of drug-likeness (QED) is 0.737. The average Bonchev–Trinajstić information content (AvgIpc) is 3.34. The van der Waals surface area contributed by atoms with Crippen LogP contribution in [0.5, 0.6) is 0 Å². The van der Waals surface area contributed by atoms with Crippen LogP contribution in [-0.4, -0.2) is 52.4 Å². The number of methoxy groups -OCH3 is 1. The maximum atomic E-state index is 13.0. The molecule has 0 bridgehead atoms. The third-order valence-electron chi connectivity index (χ3n) is 5.96. The van der Waals surface area contributed by atoms with Crippen LogP contribution in [0.4, 0.5) is 0 Å². The molecule has 1 N–H and O–H groups in total. The monoisotopic (exact) mass is 380 g/mol. The lowest BCUT2D eigenvalue weighted by atomic mass is 9.97. The highest BCUT2D eigenvalue weighted by atomic mass is 16.5. The van der Waals surface area contributed by atoms with Crippen LogP contribution >= 0.6 is 0 Å². The van der Waals surface area contributed by atoms with Crippen molar-refractivity contribution in [3.05, 3.63) is 39.8 Å². The van der Waals surface area contributed by atoms with Gasteiger partial charge in [-0.1, -0.05) is 0 Å². The lowest BCUT2D eigenvalue weighted by Crippen LogP contribution is -2.51. The predicted molar refractivity (Wildman–Crippen MR) is 107 cm³/mol. The highest BCUT2D eigenvalue weighted by Gasteiger charge is 2.32. The summed E-state index contributed by atoms with van der Waals surface area (Å²) in [6.45, 7) is 4.88. The molecule has 0 atom stereocenters. The standard InChI is InChI=1S/C21H24N4O3/c1-12-5-18-16(6-15(12)21(27)24-8-14(9-24)11-28-2)19-17(20(26)23-18)7-22-25(19)10-13-3-4-13/h5-7,13-14H,3-4,8-11H2,1-2H3,(H,23,26). The summed E-state index contributed by atoms with van der Waals surface area (Å²) < 4.78 is 7.12. The number of H-pyrrole nitrogens is 1. The van der Waals surface area contributed by atoms with Crippen LogP contribution in [0.25, 0.3) is 21.8 Å². The molecular formula is C21H24N4O3. The summed E-state index contributed by atoms with van der Waals surface area (Å²) in [5.74, 6) is 1.10. The fraction of sp³-hybridized carbons (Fsp3) is 0.476. The van der Waals surface area contributed by atoms with Crippen molar-refractivity contribution in [2.75, 3.05) is 26.8 Å². The molecular weight excluding hydrogens is 356 g/mol. The number of hydrogen-bond donors (Lipinski definition) is 1. The Bertz CT molecular complexity index is 1140. The number of pyridine rings is 1. The molecule has 1 aliphatic heterocycles. The molecule has 0 unspecified atom stereocenters. The molecule has 5 rings (SSSR count). The molecule has 1 aliphatic carbocycles. The molecule has 2 aliphatic rings. The molecule has 3 aromatic rings. The van der Waals surface area contributed by atoms with E-state index in [9.17, 15) is 9.59 Å². The van der Waals surface area contributed by atoms with Crippen LogP contribution in [0.2, 0.25) is 0 Å². The molecule has 3 heterocycles. The van der Waals surface area contributed by atoms with Crippen molar-refractivity contribution in [2.24, 2.45) is 11.8 Å². The number of ether oxygens (including phenoxy) is 1. The van der Waals surface area contributed by atoms with Crippen molar-refractivity contribution in [1.82, 2.24) is 19.7 Å². The Morgan fingerprint density at radius 2 is 2.04 bits per heavy atom. The van der Waals surface area contributed by atoms with Crippen LogP contribution in [0.3, 0.4) is 0 Å². The fourth-order valence-corrected chi connectivity index (χ4v) is 4.19. The number of fused-ring (bicyclic) bond motifs is 3. The van der Waals surface area contributed by atoms with Gasteiger partial charge in [0.1, 0.15) is 0 Å². The lowest BCUT2D eigenvalue weighted by Gasteiger charge is -2.39. The first kappa shape index (κ1) is 17.4. The first-order valence-corrected chi connectivity index (χ1v) is 9.85. The van der Waals surface area contributed by atoms with E-state index in [-0.39, 0.29) is 11.5 Å². The molecule has 28 heavy (non-hydrogen) atoms. The number of hydrogen-bond acceptors (Lipinski definition) is 4. The van der Waals surface area contributed by atoms with Gasteiger partial charge in [0, 0.05) is 43.6 Å². The molecule has 2 fully saturated rings. The molecule has 0 radical (unpaired) electrons. The van der Waals surface area contributed by atoms with Crippen LogP contribution < -0.4 is 5.56 Å². The van der Waals surface area contributed by atoms with E-state index >= 15 is 0 Å². The Labute approximate surface area is 162 Å². The van der Waals surface area contributed by atoms with Gasteiger partial charge in [-0.2, -0.15) is 5.10 Å². The number of aryl methyl sites for hydroxylation is 1. The van der Waals surface area contributed by atoms with Gasteiger partial charge in [0.15, 0.2) is 0 Å². The van der Waals surface area contributed by atoms with Crippen LogP contribution in [-0.2, 0) is 11.3 Å². The number of aromatic amines is 1. The minimum Gasteiger partial charge on any atom is -0.384 e. The molecule has 1 saturated carbocycles. The van der Waals surface area contributed by atoms with E-state index in [1.807, 2.05) is 28.6 Å². The number of rotatable bonds is 5. The molecule has 7 nitrogen and oxygen atoms in total. The Hall–Kier alpha value is -2.67. The van der Waals surface area contributed by atoms with E-state index in [2.05, 4.69) is 10.1 Å². The topological polar surface area (TPSA) is 80.2 Å².